The number of hydrogen-bond acceptors (Lipinski definition) is 5. The molecule has 0 unspecified atom stereocenters. The molecule has 1 fully saturated rings. The van der Waals surface area contributed by atoms with Gasteiger partial charge in [-0.2, -0.15) is 4.31 Å². The standard InChI is InChI=1S/C16H18FN3O4S/c1-11-4-7-20(8-5-11)25(22,23)14-10-12(2-3-13(14)17)16(21)18-15-6-9-24-19-15/h2-3,6,9-11H,4-5,7-8H2,1H3,(H,18,19,21). The van der Waals surface area contributed by atoms with E-state index < -0.39 is 26.6 Å². The highest BCUT2D eigenvalue weighted by Crippen LogP contribution is 2.26. The fourth-order valence-corrected chi connectivity index (χ4v) is 4.23. The molecular formula is C16H18FN3O4S. The predicted octanol–water partition coefficient (Wildman–Crippen LogP) is 2.49. The summed E-state index contributed by atoms with van der Waals surface area (Å²) in [6.07, 6.45) is 2.74. The summed E-state index contributed by atoms with van der Waals surface area (Å²) in [5, 5.41) is 5.99. The Labute approximate surface area is 144 Å². The van der Waals surface area contributed by atoms with E-state index in [0.29, 0.717) is 19.0 Å². The third-order valence-electron chi connectivity index (χ3n) is 4.23. The van der Waals surface area contributed by atoms with Gasteiger partial charge in [0.2, 0.25) is 10.0 Å². The van der Waals surface area contributed by atoms with Gasteiger partial charge in [-0.1, -0.05) is 12.1 Å². The molecule has 7 nitrogen and oxygen atoms in total. The molecule has 0 aliphatic carbocycles. The fraction of sp³-hybridized carbons (Fsp3) is 0.375. The van der Waals surface area contributed by atoms with Crippen LogP contribution in [-0.4, -0.2) is 36.9 Å². The number of nitrogens with zero attached hydrogens (tertiary/aromatic N) is 2. The molecule has 1 aliphatic heterocycles. The first-order valence-corrected chi connectivity index (χ1v) is 9.33. The van der Waals surface area contributed by atoms with Gasteiger partial charge in [-0.15, -0.1) is 0 Å². The lowest BCUT2D eigenvalue weighted by Crippen LogP contribution is -2.38. The van der Waals surface area contributed by atoms with Gasteiger partial charge in [-0.05, 0) is 37.0 Å². The van der Waals surface area contributed by atoms with Gasteiger partial charge < -0.3 is 9.84 Å². The third kappa shape index (κ3) is 3.72. The van der Waals surface area contributed by atoms with Crippen molar-refractivity contribution >= 4 is 21.7 Å². The van der Waals surface area contributed by atoms with Gasteiger partial charge in [-0.25, -0.2) is 12.8 Å². The summed E-state index contributed by atoms with van der Waals surface area (Å²) in [4.78, 5) is 11.7. The van der Waals surface area contributed by atoms with Crippen LogP contribution in [0.25, 0.3) is 0 Å². The van der Waals surface area contributed by atoms with E-state index in [0.717, 1.165) is 25.0 Å². The molecule has 1 amide bonds. The molecule has 1 aromatic heterocycles. The second-order valence-electron chi connectivity index (χ2n) is 6.07. The second-order valence-corrected chi connectivity index (χ2v) is 7.98. The minimum atomic E-state index is -3.99. The number of anilines is 1. The van der Waals surface area contributed by atoms with Crippen LogP contribution in [0.15, 0.2) is 39.9 Å². The summed E-state index contributed by atoms with van der Waals surface area (Å²) in [6, 6.07) is 4.70. The highest BCUT2D eigenvalue weighted by Gasteiger charge is 2.31. The van der Waals surface area contributed by atoms with E-state index in [1.54, 1.807) is 0 Å². The Morgan fingerprint density at radius 2 is 2.04 bits per heavy atom. The molecule has 2 heterocycles. The molecule has 1 aliphatic rings. The van der Waals surface area contributed by atoms with Crippen LogP contribution in [0, 0.1) is 11.7 Å². The molecule has 9 heteroatoms. The monoisotopic (exact) mass is 367 g/mol. The van der Waals surface area contributed by atoms with Crippen LogP contribution in [0.3, 0.4) is 0 Å². The number of sulfonamides is 1. The number of aromatic nitrogens is 1. The average Bonchev–Trinajstić information content (AvgIpc) is 3.08. The summed E-state index contributed by atoms with van der Waals surface area (Å²) in [7, 11) is -3.99. The number of carbonyl (C=O) groups excluding carboxylic acids is 1. The average molecular weight is 367 g/mol. The normalized spacial score (nSPS) is 16.7. The zero-order valence-corrected chi connectivity index (χ0v) is 14.4. The van der Waals surface area contributed by atoms with E-state index in [9.17, 15) is 17.6 Å². The molecule has 25 heavy (non-hydrogen) atoms. The Balaban J connectivity index is 1.87. The lowest BCUT2D eigenvalue weighted by Gasteiger charge is -2.29. The smallest absolute Gasteiger partial charge is 0.256 e. The van der Waals surface area contributed by atoms with E-state index in [1.165, 1.54) is 22.7 Å². The molecule has 2 aromatic rings. The van der Waals surface area contributed by atoms with E-state index in [4.69, 9.17) is 0 Å². The van der Waals surface area contributed by atoms with Crippen LogP contribution < -0.4 is 5.32 Å². The number of hydrogen-bond donors (Lipinski definition) is 1. The molecule has 0 spiro atoms. The first-order chi connectivity index (χ1) is 11.9. The summed E-state index contributed by atoms with van der Waals surface area (Å²) in [5.41, 5.74) is 0.0216. The topological polar surface area (TPSA) is 92.5 Å². The number of nitrogens with one attached hydrogen (secondary N) is 1. The van der Waals surface area contributed by atoms with Gasteiger partial charge >= 0.3 is 0 Å². The maximum atomic E-state index is 14.2. The fourth-order valence-electron chi connectivity index (χ4n) is 2.67. The summed E-state index contributed by atoms with van der Waals surface area (Å²) >= 11 is 0. The van der Waals surface area contributed by atoms with Gasteiger partial charge in [0.25, 0.3) is 5.91 Å². The van der Waals surface area contributed by atoms with Gasteiger partial charge in [0.1, 0.15) is 17.0 Å². The number of piperidine rings is 1. The molecule has 1 aromatic carbocycles. The molecule has 3 rings (SSSR count). The molecule has 0 atom stereocenters. The lowest BCUT2D eigenvalue weighted by molar-refractivity contribution is 0.102. The first-order valence-electron chi connectivity index (χ1n) is 7.89. The van der Waals surface area contributed by atoms with Crippen molar-refractivity contribution in [2.75, 3.05) is 18.4 Å². The Morgan fingerprint density at radius 1 is 1.32 bits per heavy atom. The van der Waals surface area contributed by atoms with Gasteiger partial charge in [0.15, 0.2) is 5.82 Å². The van der Waals surface area contributed by atoms with Crippen LogP contribution in [0.2, 0.25) is 0 Å². The molecule has 0 bridgehead atoms. The summed E-state index contributed by atoms with van der Waals surface area (Å²) in [6.45, 7) is 2.75. The highest BCUT2D eigenvalue weighted by atomic mass is 32.2. The lowest BCUT2D eigenvalue weighted by atomic mass is 10.0. The van der Waals surface area contributed by atoms with Gasteiger partial charge in [-0.3, -0.25) is 4.79 Å². The van der Waals surface area contributed by atoms with Crippen LogP contribution in [0.5, 0.6) is 0 Å². The Morgan fingerprint density at radius 3 is 2.68 bits per heavy atom. The van der Waals surface area contributed by atoms with Crippen LogP contribution in [-0.2, 0) is 10.0 Å². The van der Waals surface area contributed by atoms with Crippen LogP contribution >= 0.6 is 0 Å². The largest absolute Gasteiger partial charge is 0.363 e. The van der Waals surface area contributed by atoms with Crippen molar-refractivity contribution in [1.29, 1.82) is 0 Å². The number of carbonyl (C=O) groups is 1. The Bertz CT molecular complexity index is 860. The van der Waals surface area contributed by atoms with E-state index in [1.807, 2.05) is 0 Å². The van der Waals surface area contributed by atoms with Crippen molar-refractivity contribution < 1.29 is 22.1 Å². The molecule has 1 N–H and O–H groups in total. The van der Waals surface area contributed by atoms with E-state index >= 15 is 0 Å². The van der Waals surface area contributed by atoms with Gasteiger partial charge in [0, 0.05) is 24.7 Å². The van der Waals surface area contributed by atoms with Crippen molar-refractivity contribution in [2.24, 2.45) is 5.92 Å². The van der Waals surface area contributed by atoms with Crippen LogP contribution in [0.4, 0.5) is 10.2 Å². The predicted molar refractivity (Wildman–Crippen MR) is 88.0 cm³/mol. The van der Waals surface area contributed by atoms with Crippen molar-refractivity contribution in [3.63, 3.8) is 0 Å². The second kappa shape index (κ2) is 6.93. The number of rotatable bonds is 4. The minimum absolute atomic E-state index is 0.0216. The number of halogens is 1. The first kappa shape index (κ1) is 17.6. The maximum Gasteiger partial charge on any atom is 0.256 e. The van der Waals surface area contributed by atoms with Gasteiger partial charge in [0.05, 0.1) is 0 Å². The van der Waals surface area contributed by atoms with Crippen molar-refractivity contribution in [3.05, 3.63) is 41.9 Å². The molecule has 134 valence electrons. The summed E-state index contributed by atoms with van der Waals surface area (Å²) in [5.74, 6) is -0.853. The molecular weight excluding hydrogens is 349 g/mol. The SMILES string of the molecule is CC1CCN(S(=O)(=O)c2cc(C(=O)Nc3ccon3)ccc2F)CC1. The van der Waals surface area contributed by atoms with Crippen molar-refractivity contribution in [3.8, 4) is 0 Å². The number of amides is 1. The van der Waals surface area contributed by atoms with Crippen LogP contribution in [0.1, 0.15) is 30.1 Å². The molecule has 0 radical (unpaired) electrons. The van der Waals surface area contributed by atoms with E-state index in [-0.39, 0.29) is 11.4 Å². The zero-order chi connectivity index (χ0) is 18.0. The van der Waals surface area contributed by atoms with Crippen molar-refractivity contribution in [2.45, 2.75) is 24.7 Å². The Hall–Kier alpha value is -2.26. The summed E-state index contributed by atoms with van der Waals surface area (Å²) < 4.78 is 45.5. The molecule has 1 saturated heterocycles. The Kier molecular flexibility index (Phi) is 4.87. The number of benzene rings is 1. The quantitative estimate of drug-likeness (QED) is 0.896. The molecule has 0 saturated carbocycles. The highest BCUT2D eigenvalue weighted by molar-refractivity contribution is 7.89. The minimum Gasteiger partial charge on any atom is -0.363 e. The third-order valence-corrected chi connectivity index (χ3v) is 6.15. The maximum absolute atomic E-state index is 14.2. The van der Waals surface area contributed by atoms with E-state index in [2.05, 4.69) is 21.9 Å². The zero-order valence-electron chi connectivity index (χ0n) is 13.6. The van der Waals surface area contributed by atoms with Crippen molar-refractivity contribution in [1.82, 2.24) is 9.46 Å².